The molecule has 2 N–H and O–H groups in total. The first-order valence-corrected chi connectivity index (χ1v) is 5.15. The zero-order chi connectivity index (χ0) is 12.3. The van der Waals surface area contributed by atoms with E-state index in [1.54, 1.807) is 0 Å². The van der Waals surface area contributed by atoms with Crippen LogP contribution >= 0.6 is 0 Å². The summed E-state index contributed by atoms with van der Waals surface area (Å²) in [6.45, 7) is 0.564. The van der Waals surface area contributed by atoms with Gasteiger partial charge in [-0.15, -0.1) is 0 Å². The lowest BCUT2D eigenvalue weighted by Gasteiger charge is -2.07. The first-order chi connectivity index (χ1) is 8.22. The van der Waals surface area contributed by atoms with E-state index < -0.39 is 4.92 Å². The van der Waals surface area contributed by atoms with Crippen molar-refractivity contribution in [1.29, 1.82) is 0 Å². The SMILES string of the molecule is O=[N+]([O-])c1cc2c(cc1NCCCO)OCO2. The minimum atomic E-state index is -0.483. The van der Waals surface area contributed by atoms with Gasteiger partial charge in [0.15, 0.2) is 11.5 Å². The maximum absolute atomic E-state index is 10.9. The van der Waals surface area contributed by atoms with E-state index in [0.29, 0.717) is 30.2 Å². The average Bonchev–Trinajstić information content (AvgIpc) is 2.75. The summed E-state index contributed by atoms with van der Waals surface area (Å²) >= 11 is 0. The molecule has 0 radical (unpaired) electrons. The van der Waals surface area contributed by atoms with E-state index in [0.717, 1.165) is 0 Å². The van der Waals surface area contributed by atoms with Gasteiger partial charge in [-0.1, -0.05) is 0 Å². The van der Waals surface area contributed by atoms with Crippen LogP contribution < -0.4 is 14.8 Å². The summed E-state index contributed by atoms with van der Waals surface area (Å²) in [7, 11) is 0. The van der Waals surface area contributed by atoms with Crippen LogP contribution in [-0.4, -0.2) is 30.0 Å². The van der Waals surface area contributed by atoms with E-state index in [2.05, 4.69) is 5.32 Å². The van der Waals surface area contributed by atoms with Crippen LogP contribution in [-0.2, 0) is 0 Å². The van der Waals surface area contributed by atoms with E-state index in [-0.39, 0.29) is 19.1 Å². The van der Waals surface area contributed by atoms with Gasteiger partial charge in [0.1, 0.15) is 5.69 Å². The van der Waals surface area contributed by atoms with Gasteiger partial charge in [0.05, 0.1) is 11.0 Å². The fourth-order valence-corrected chi connectivity index (χ4v) is 1.53. The normalized spacial score (nSPS) is 12.5. The molecule has 17 heavy (non-hydrogen) atoms. The fourth-order valence-electron chi connectivity index (χ4n) is 1.53. The summed E-state index contributed by atoms with van der Waals surface area (Å²) in [6.07, 6.45) is 0.519. The topological polar surface area (TPSA) is 93.9 Å². The van der Waals surface area contributed by atoms with Gasteiger partial charge in [-0.05, 0) is 6.42 Å². The molecule has 0 fully saturated rings. The lowest BCUT2D eigenvalue weighted by atomic mass is 10.2. The minimum absolute atomic E-state index is 0.0331. The number of hydrogen-bond acceptors (Lipinski definition) is 6. The molecule has 1 heterocycles. The lowest BCUT2D eigenvalue weighted by molar-refractivity contribution is -0.384. The zero-order valence-corrected chi connectivity index (χ0v) is 9.01. The number of hydrogen-bond donors (Lipinski definition) is 2. The molecule has 1 aliphatic heterocycles. The Morgan fingerprint density at radius 3 is 2.76 bits per heavy atom. The molecule has 1 aromatic rings. The molecule has 0 bridgehead atoms. The molecule has 7 nitrogen and oxygen atoms in total. The molecular weight excluding hydrogens is 228 g/mol. The van der Waals surface area contributed by atoms with E-state index in [9.17, 15) is 10.1 Å². The Labute approximate surface area is 97.1 Å². The van der Waals surface area contributed by atoms with E-state index in [1.165, 1.54) is 12.1 Å². The maximum atomic E-state index is 10.9. The van der Waals surface area contributed by atoms with Crippen molar-refractivity contribution in [3.63, 3.8) is 0 Å². The summed E-state index contributed by atoms with van der Waals surface area (Å²) in [4.78, 5) is 10.4. The molecule has 0 saturated carbocycles. The Balaban J connectivity index is 2.25. The van der Waals surface area contributed by atoms with Crippen molar-refractivity contribution in [2.24, 2.45) is 0 Å². The number of nitro groups is 1. The Morgan fingerprint density at radius 1 is 1.41 bits per heavy atom. The molecule has 1 aliphatic rings. The van der Waals surface area contributed by atoms with Gasteiger partial charge in [0.25, 0.3) is 5.69 Å². The first kappa shape index (κ1) is 11.5. The molecule has 0 unspecified atom stereocenters. The number of aliphatic hydroxyl groups excluding tert-OH is 1. The third-order valence-electron chi connectivity index (χ3n) is 2.34. The van der Waals surface area contributed by atoms with Gasteiger partial charge in [-0.2, -0.15) is 0 Å². The first-order valence-electron chi connectivity index (χ1n) is 5.15. The monoisotopic (exact) mass is 240 g/mol. The number of nitrogens with one attached hydrogen (secondary N) is 1. The fraction of sp³-hybridized carbons (Fsp3) is 0.400. The van der Waals surface area contributed by atoms with Gasteiger partial charge in [-0.25, -0.2) is 0 Å². The molecular formula is C10H12N2O5. The van der Waals surface area contributed by atoms with Gasteiger partial charge in [0, 0.05) is 19.2 Å². The number of aliphatic hydroxyl groups is 1. The molecule has 0 spiro atoms. The number of anilines is 1. The number of nitrogens with zero attached hydrogens (tertiary/aromatic N) is 1. The smallest absolute Gasteiger partial charge is 0.296 e. The molecule has 1 aromatic carbocycles. The minimum Gasteiger partial charge on any atom is -0.454 e. The average molecular weight is 240 g/mol. The third-order valence-corrected chi connectivity index (χ3v) is 2.34. The second kappa shape index (κ2) is 4.88. The highest BCUT2D eigenvalue weighted by molar-refractivity contribution is 5.68. The number of ether oxygens (including phenoxy) is 2. The molecule has 7 heteroatoms. The molecule has 92 valence electrons. The van der Waals surface area contributed by atoms with Crippen molar-refractivity contribution in [2.75, 3.05) is 25.3 Å². The highest BCUT2D eigenvalue weighted by Gasteiger charge is 2.22. The number of fused-ring (bicyclic) bond motifs is 1. The van der Waals surface area contributed by atoms with Crippen molar-refractivity contribution in [3.8, 4) is 11.5 Å². The number of benzene rings is 1. The van der Waals surface area contributed by atoms with Gasteiger partial charge >= 0.3 is 0 Å². The van der Waals surface area contributed by atoms with Gasteiger partial charge in [0.2, 0.25) is 6.79 Å². The second-order valence-electron chi connectivity index (χ2n) is 3.48. The van der Waals surface area contributed by atoms with Crippen LogP contribution in [0.25, 0.3) is 0 Å². The zero-order valence-electron chi connectivity index (χ0n) is 9.01. The highest BCUT2D eigenvalue weighted by atomic mass is 16.7. The highest BCUT2D eigenvalue weighted by Crippen LogP contribution is 2.40. The Kier molecular flexibility index (Phi) is 3.29. The summed E-state index contributed by atoms with van der Waals surface area (Å²) in [5.74, 6) is 0.867. The van der Waals surface area contributed by atoms with Crippen LogP contribution in [0.15, 0.2) is 12.1 Å². The molecule has 0 amide bonds. The predicted octanol–water partition coefficient (Wildman–Crippen LogP) is 1.12. The molecule has 0 saturated heterocycles. The summed E-state index contributed by atoms with van der Waals surface area (Å²) in [6, 6.07) is 2.88. The summed E-state index contributed by atoms with van der Waals surface area (Å²) < 4.78 is 10.2. The second-order valence-corrected chi connectivity index (χ2v) is 3.48. The van der Waals surface area contributed by atoms with Crippen LogP contribution in [0.4, 0.5) is 11.4 Å². The molecule has 0 aliphatic carbocycles. The van der Waals surface area contributed by atoms with E-state index >= 15 is 0 Å². The van der Waals surface area contributed by atoms with Crippen molar-refractivity contribution in [3.05, 3.63) is 22.2 Å². The number of rotatable bonds is 5. The quantitative estimate of drug-likeness (QED) is 0.455. The third kappa shape index (κ3) is 2.39. The largest absolute Gasteiger partial charge is 0.454 e. The van der Waals surface area contributed by atoms with Crippen molar-refractivity contribution in [2.45, 2.75) is 6.42 Å². The maximum Gasteiger partial charge on any atom is 0.296 e. The standard InChI is InChI=1S/C10H12N2O5/c13-3-1-2-11-7-4-9-10(17-6-16-9)5-8(7)12(14)15/h4-5,11,13H,1-3,6H2. The molecule has 2 rings (SSSR count). The van der Waals surface area contributed by atoms with Gasteiger partial charge < -0.3 is 19.9 Å². The Hall–Kier alpha value is -2.02. The lowest BCUT2D eigenvalue weighted by Crippen LogP contribution is -2.05. The summed E-state index contributed by atoms with van der Waals surface area (Å²) in [5.41, 5.74) is 0.305. The predicted molar refractivity (Wildman–Crippen MR) is 59.4 cm³/mol. The van der Waals surface area contributed by atoms with Crippen molar-refractivity contribution < 1.29 is 19.5 Å². The Bertz CT molecular complexity index is 435. The van der Waals surface area contributed by atoms with E-state index in [4.69, 9.17) is 14.6 Å². The summed E-state index contributed by atoms with van der Waals surface area (Å²) in [5, 5.41) is 22.4. The number of nitro benzene ring substituents is 1. The van der Waals surface area contributed by atoms with Crippen LogP contribution in [0.2, 0.25) is 0 Å². The van der Waals surface area contributed by atoms with Gasteiger partial charge in [-0.3, -0.25) is 10.1 Å². The molecule has 0 atom stereocenters. The van der Waals surface area contributed by atoms with Crippen LogP contribution in [0.3, 0.4) is 0 Å². The van der Waals surface area contributed by atoms with Crippen LogP contribution in [0.5, 0.6) is 11.5 Å². The Morgan fingerprint density at radius 2 is 2.12 bits per heavy atom. The van der Waals surface area contributed by atoms with Crippen LogP contribution in [0.1, 0.15) is 6.42 Å². The van der Waals surface area contributed by atoms with E-state index in [1.807, 2.05) is 0 Å². The van der Waals surface area contributed by atoms with Crippen molar-refractivity contribution >= 4 is 11.4 Å². The van der Waals surface area contributed by atoms with Crippen LogP contribution in [0, 0.1) is 10.1 Å². The van der Waals surface area contributed by atoms with Crippen molar-refractivity contribution in [1.82, 2.24) is 0 Å². The molecule has 0 aromatic heterocycles.